The maximum absolute atomic E-state index is 12.7. The molecule has 2 atom stereocenters. The summed E-state index contributed by atoms with van der Waals surface area (Å²) in [6.45, 7) is 5.21. The van der Waals surface area contributed by atoms with Gasteiger partial charge in [-0.1, -0.05) is 24.3 Å². The van der Waals surface area contributed by atoms with Crippen LogP contribution < -0.4 is 9.47 Å². The van der Waals surface area contributed by atoms with Gasteiger partial charge in [0.25, 0.3) is 5.91 Å². The Morgan fingerprint density at radius 3 is 2.28 bits per heavy atom. The van der Waals surface area contributed by atoms with Crippen LogP contribution in [0.1, 0.15) is 50.3 Å². The number of amides is 1. The Bertz CT molecular complexity index is 999. The Hall–Kier alpha value is -2.79. The molecule has 1 aliphatic carbocycles. The molecule has 0 saturated heterocycles. The highest BCUT2D eigenvalue weighted by Gasteiger charge is 2.43. The molecule has 2 unspecified atom stereocenters. The highest BCUT2D eigenvalue weighted by Crippen LogP contribution is 2.44. The maximum Gasteiger partial charge on any atom is 0.258 e. The highest BCUT2D eigenvalue weighted by molar-refractivity contribution is 6.27. The number of hydrogen-bond acceptors (Lipinski definition) is 4. The van der Waals surface area contributed by atoms with Crippen molar-refractivity contribution in [3.63, 3.8) is 0 Å². The van der Waals surface area contributed by atoms with E-state index in [0.29, 0.717) is 13.2 Å². The van der Waals surface area contributed by atoms with E-state index >= 15 is 0 Å². The molecule has 0 N–H and O–H groups in total. The Kier molecular flexibility index (Phi) is 7.15. The predicted octanol–water partition coefficient (Wildman–Crippen LogP) is 5.85. The predicted molar refractivity (Wildman–Crippen MR) is 128 cm³/mol. The number of rotatable bonds is 7. The van der Waals surface area contributed by atoms with Crippen LogP contribution in [0.25, 0.3) is 6.08 Å². The number of alkyl halides is 1. The summed E-state index contributed by atoms with van der Waals surface area (Å²) in [5, 5.41) is 6.41. The number of hydrazone groups is 1. The van der Waals surface area contributed by atoms with Crippen LogP contribution in [0.15, 0.2) is 59.2 Å². The Labute approximate surface area is 194 Å². The van der Waals surface area contributed by atoms with Gasteiger partial charge in [-0.3, -0.25) is 4.79 Å². The second kappa shape index (κ2) is 10.2. The molecule has 1 saturated carbocycles. The summed E-state index contributed by atoms with van der Waals surface area (Å²) in [5.74, 6) is 1.58. The average Bonchev–Trinajstić information content (AvgIpc) is 3.21. The maximum atomic E-state index is 12.7. The van der Waals surface area contributed by atoms with Crippen LogP contribution in [-0.4, -0.2) is 35.7 Å². The van der Waals surface area contributed by atoms with Crippen LogP contribution in [0.3, 0.4) is 0 Å². The number of hydrogen-bond donors (Lipinski definition) is 0. The molecule has 2 aliphatic rings. The molecule has 1 amide bonds. The van der Waals surface area contributed by atoms with Crippen molar-refractivity contribution >= 4 is 29.3 Å². The first kappa shape index (κ1) is 22.4. The fourth-order valence-corrected chi connectivity index (χ4v) is 4.68. The van der Waals surface area contributed by atoms with Crippen LogP contribution in [0, 0.1) is 5.92 Å². The number of fused-ring (bicyclic) bond motifs is 1. The molecule has 1 fully saturated rings. The molecule has 4 rings (SSSR count). The van der Waals surface area contributed by atoms with Crippen molar-refractivity contribution in [1.29, 1.82) is 0 Å². The zero-order valence-corrected chi connectivity index (χ0v) is 19.3. The van der Waals surface area contributed by atoms with Gasteiger partial charge >= 0.3 is 0 Å². The molecule has 5 nitrogen and oxygen atoms in total. The van der Waals surface area contributed by atoms with Crippen LogP contribution in [-0.2, 0) is 4.79 Å². The summed E-state index contributed by atoms with van der Waals surface area (Å²) < 4.78 is 11.1. The van der Waals surface area contributed by atoms with E-state index in [1.54, 1.807) is 5.01 Å². The minimum Gasteiger partial charge on any atom is -0.494 e. The molecular weight excluding hydrogens is 424 g/mol. The van der Waals surface area contributed by atoms with Crippen molar-refractivity contribution in [2.75, 3.05) is 19.1 Å². The van der Waals surface area contributed by atoms with E-state index in [-0.39, 0.29) is 23.7 Å². The van der Waals surface area contributed by atoms with Crippen molar-refractivity contribution in [1.82, 2.24) is 5.01 Å². The summed E-state index contributed by atoms with van der Waals surface area (Å²) in [5.41, 5.74) is 4.35. The monoisotopic (exact) mass is 452 g/mol. The summed E-state index contributed by atoms with van der Waals surface area (Å²) >= 11 is 5.95. The largest absolute Gasteiger partial charge is 0.494 e. The second-order valence-electron chi connectivity index (χ2n) is 7.97. The Morgan fingerprint density at radius 2 is 1.69 bits per heavy atom. The average molecular weight is 453 g/mol. The van der Waals surface area contributed by atoms with Gasteiger partial charge in [-0.2, -0.15) is 5.10 Å². The summed E-state index contributed by atoms with van der Waals surface area (Å²) in [7, 11) is 0. The van der Waals surface area contributed by atoms with E-state index < -0.39 is 0 Å². The molecular formula is C26H29ClN2O3. The fourth-order valence-electron chi connectivity index (χ4n) is 4.56. The first-order valence-corrected chi connectivity index (χ1v) is 11.8. The van der Waals surface area contributed by atoms with Gasteiger partial charge < -0.3 is 9.47 Å². The molecule has 0 aromatic heterocycles. The van der Waals surface area contributed by atoms with E-state index in [1.165, 1.54) is 5.57 Å². The van der Waals surface area contributed by atoms with Crippen molar-refractivity contribution < 1.29 is 14.3 Å². The summed E-state index contributed by atoms with van der Waals surface area (Å²) in [6.07, 6.45) is 5.18. The number of carbonyl (C=O) groups excluding carboxylic acids is 1. The van der Waals surface area contributed by atoms with E-state index in [1.807, 2.05) is 50.2 Å². The highest BCUT2D eigenvalue weighted by atomic mass is 35.5. The minimum absolute atomic E-state index is 0.0883. The minimum atomic E-state index is -0.173. The SMILES string of the molecule is CCOc1ccc(C=C2CCCC3C2=NN(C(=O)CCl)C3c2ccc(OCC)cc2)cc1. The van der Waals surface area contributed by atoms with E-state index in [2.05, 4.69) is 18.2 Å². The molecule has 1 heterocycles. The second-order valence-corrected chi connectivity index (χ2v) is 8.24. The quantitative estimate of drug-likeness (QED) is 0.495. The van der Waals surface area contributed by atoms with Gasteiger partial charge in [-0.05, 0) is 80.2 Å². The van der Waals surface area contributed by atoms with E-state index in [0.717, 1.165) is 47.6 Å². The first-order valence-electron chi connectivity index (χ1n) is 11.3. The number of nitrogens with zero attached hydrogens (tertiary/aromatic N) is 2. The van der Waals surface area contributed by atoms with Gasteiger partial charge in [0.1, 0.15) is 17.4 Å². The van der Waals surface area contributed by atoms with E-state index in [9.17, 15) is 4.79 Å². The van der Waals surface area contributed by atoms with Crippen molar-refractivity contribution in [2.24, 2.45) is 11.0 Å². The molecule has 2 aromatic rings. The third kappa shape index (κ3) is 4.68. The lowest BCUT2D eigenvalue weighted by atomic mass is 9.77. The number of carbonyl (C=O) groups is 1. The van der Waals surface area contributed by atoms with Gasteiger partial charge in [0.15, 0.2) is 0 Å². The first-order chi connectivity index (χ1) is 15.6. The molecule has 2 aromatic carbocycles. The van der Waals surface area contributed by atoms with Crippen molar-refractivity contribution in [2.45, 2.75) is 39.2 Å². The van der Waals surface area contributed by atoms with Gasteiger partial charge in [-0.25, -0.2) is 5.01 Å². The van der Waals surface area contributed by atoms with Gasteiger partial charge in [-0.15, -0.1) is 11.6 Å². The lowest BCUT2D eigenvalue weighted by Gasteiger charge is -2.29. The van der Waals surface area contributed by atoms with Crippen LogP contribution in [0.2, 0.25) is 0 Å². The molecule has 6 heteroatoms. The zero-order chi connectivity index (χ0) is 22.5. The van der Waals surface area contributed by atoms with Gasteiger partial charge in [0.05, 0.1) is 25.0 Å². The van der Waals surface area contributed by atoms with Crippen LogP contribution in [0.4, 0.5) is 0 Å². The molecule has 0 radical (unpaired) electrons. The third-order valence-electron chi connectivity index (χ3n) is 5.94. The summed E-state index contributed by atoms with van der Waals surface area (Å²) in [4.78, 5) is 12.7. The smallest absolute Gasteiger partial charge is 0.258 e. The zero-order valence-electron chi connectivity index (χ0n) is 18.6. The van der Waals surface area contributed by atoms with Gasteiger partial charge in [0.2, 0.25) is 0 Å². The number of halogens is 1. The lowest BCUT2D eigenvalue weighted by molar-refractivity contribution is -0.130. The number of benzene rings is 2. The Balaban J connectivity index is 1.65. The van der Waals surface area contributed by atoms with Crippen LogP contribution >= 0.6 is 11.6 Å². The number of ether oxygens (including phenoxy) is 2. The molecule has 1 aliphatic heterocycles. The molecule has 0 bridgehead atoms. The number of allylic oxidation sites excluding steroid dienone is 1. The fraction of sp³-hybridized carbons (Fsp3) is 0.385. The van der Waals surface area contributed by atoms with Crippen LogP contribution in [0.5, 0.6) is 11.5 Å². The topological polar surface area (TPSA) is 51.1 Å². The lowest BCUT2D eigenvalue weighted by Crippen LogP contribution is -2.32. The van der Waals surface area contributed by atoms with Gasteiger partial charge in [0, 0.05) is 5.92 Å². The van der Waals surface area contributed by atoms with E-state index in [4.69, 9.17) is 26.2 Å². The standard InChI is InChI=1S/C26H29ClN2O3/c1-3-31-21-12-8-18(9-13-21)16-20-6-5-7-23-25(20)28-29(24(30)17-27)26(23)19-10-14-22(15-11-19)32-4-2/h8-16,23,26H,3-7,17H2,1-2H3. The van der Waals surface area contributed by atoms with Crippen molar-refractivity contribution in [3.8, 4) is 11.5 Å². The Morgan fingerprint density at radius 1 is 1.06 bits per heavy atom. The normalized spacial score (nSPS) is 21.3. The summed E-state index contributed by atoms with van der Waals surface area (Å²) in [6, 6.07) is 15.9. The third-order valence-corrected chi connectivity index (χ3v) is 6.16. The van der Waals surface area contributed by atoms with Crippen molar-refractivity contribution in [3.05, 3.63) is 65.2 Å². The molecule has 168 valence electrons. The molecule has 32 heavy (non-hydrogen) atoms. The molecule has 0 spiro atoms.